The molecule has 0 radical (unpaired) electrons. The van der Waals surface area contributed by atoms with Gasteiger partial charge in [0.05, 0.1) is 33.0 Å². The first-order valence-corrected chi connectivity index (χ1v) is 8.51. The Morgan fingerprint density at radius 2 is 2.08 bits per heavy atom. The lowest BCUT2D eigenvalue weighted by Crippen LogP contribution is -2.12. The van der Waals surface area contributed by atoms with E-state index < -0.39 is 17.7 Å². The number of rotatable bonds is 4. The van der Waals surface area contributed by atoms with Crippen molar-refractivity contribution in [3.05, 3.63) is 58.4 Å². The van der Waals surface area contributed by atoms with E-state index in [0.29, 0.717) is 22.8 Å². The SMILES string of the molecule is CCOC(=O)c1ccc2nc(NC(=O)c3ccc(F)cc3Cl)sc2c1. The summed E-state index contributed by atoms with van der Waals surface area (Å²) in [6.45, 7) is 2.02. The molecule has 25 heavy (non-hydrogen) atoms. The lowest BCUT2D eigenvalue weighted by Gasteiger charge is -2.03. The van der Waals surface area contributed by atoms with Crippen molar-refractivity contribution < 1.29 is 18.7 Å². The Morgan fingerprint density at radius 1 is 1.28 bits per heavy atom. The second-order valence-electron chi connectivity index (χ2n) is 5.00. The van der Waals surface area contributed by atoms with Crippen LogP contribution in [0.1, 0.15) is 27.6 Å². The van der Waals surface area contributed by atoms with Crippen LogP contribution in [0, 0.1) is 5.82 Å². The highest BCUT2D eigenvalue weighted by molar-refractivity contribution is 7.22. The summed E-state index contributed by atoms with van der Waals surface area (Å²) in [6, 6.07) is 8.48. The van der Waals surface area contributed by atoms with Crippen molar-refractivity contribution in [1.29, 1.82) is 0 Å². The largest absolute Gasteiger partial charge is 0.462 e. The number of benzene rings is 2. The lowest BCUT2D eigenvalue weighted by molar-refractivity contribution is 0.0526. The minimum atomic E-state index is -0.520. The summed E-state index contributed by atoms with van der Waals surface area (Å²) in [7, 11) is 0. The molecule has 2 aromatic carbocycles. The number of nitrogens with zero attached hydrogens (tertiary/aromatic N) is 1. The van der Waals surface area contributed by atoms with Crippen molar-refractivity contribution in [2.45, 2.75) is 6.92 Å². The third kappa shape index (κ3) is 3.78. The number of anilines is 1. The maximum atomic E-state index is 13.1. The predicted octanol–water partition coefficient (Wildman–Crippen LogP) is 4.52. The molecule has 0 bridgehead atoms. The van der Waals surface area contributed by atoms with Gasteiger partial charge >= 0.3 is 5.97 Å². The van der Waals surface area contributed by atoms with Crippen molar-refractivity contribution in [3.63, 3.8) is 0 Å². The fourth-order valence-corrected chi connectivity index (χ4v) is 3.31. The zero-order valence-electron chi connectivity index (χ0n) is 13.0. The maximum Gasteiger partial charge on any atom is 0.338 e. The summed E-state index contributed by atoms with van der Waals surface area (Å²) in [6.07, 6.45) is 0. The Labute approximate surface area is 151 Å². The number of aromatic nitrogens is 1. The van der Waals surface area contributed by atoms with Gasteiger partial charge < -0.3 is 4.74 Å². The highest BCUT2D eigenvalue weighted by Gasteiger charge is 2.15. The number of thiazole rings is 1. The van der Waals surface area contributed by atoms with Crippen molar-refractivity contribution in [1.82, 2.24) is 4.98 Å². The van der Waals surface area contributed by atoms with Crippen molar-refractivity contribution in [3.8, 4) is 0 Å². The summed E-state index contributed by atoms with van der Waals surface area (Å²) in [4.78, 5) is 28.3. The second kappa shape index (κ2) is 7.16. The average molecular weight is 379 g/mol. The molecule has 1 aromatic heterocycles. The first kappa shape index (κ1) is 17.3. The molecule has 5 nitrogen and oxygen atoms in total. The number of hydrogen-bond donors (Lipinski definition) is 1. The summed E-state index contributed by atoms with van der Waals surface area (Å²) in [5.74, 6) is -1.43. The highest BCUT2D eigenvalue weighted by atomic mass is 35.5. The molecular weight excluding hydrogens is 367 g/mol. The van der Waals surface area contributed by atoms with Crippen LogP contribution in [0.2, 0.25) is 5.02 Å². The van der Waals surface area contributed by atoms with E-state index >= 15 is 0 Å². The van der Waals surface area contributed by atoms with Crippen LogP contribution in [0.15, 0.2) is 36.4 Å². The number of amides is 1. The summed E-state index contributed by atoms with van der Waals surface area (Å²) >= 11 is 7.10. The quantitative estimate of drug-likeness (QED) is 0.678. The van der Waals surface area contributed by atoms with Gasteiger partial charge in [-0.3, -0.25) is 10.1 Å². The van der Waals surface area contributed by atoms with Crippen LogP contribution in [0.3, 0.4) is 0 Å². The van der Waals surface area contributed by atoms with E-state index in [4.69, 9.17) is 16.3 Å². The van der Waals surface area contributed by atoms with E-state index in [9.17, 15) is 14.0 Å². The van der Waals surface area contributed by atoms with E-state index in [1.165, 1.54) is 17.4 Å². The summed E-state index contributed by atoms with van der Waals surface area (Å²) in [5.41, 5.74) is 1.20. The van der Waals surface area contributed by atoms with Gasteiger partial charge in [-0.05, 0) is 43.3 Å². The molecule has 0 atom stereocenters. The average Bonchev–Trinajstić information content (AvgIpc) is 2.96. The van der Waals surface area contributed by atoms with Gasteiger partial charge in [-0.25, -0.2) is 14.2 Å². The fraction of sp³-hybridized carbons (Fsp3) is 0.118. The number of carbonyl (C=O) groups excluding carboxylic acids is 2. The number of nitrogens with one attached hydrogen (secondary N) is 1. The van der Waals surface area contributed by atoms with E-state index in [1.807, 2.05) is 0 Å². The van der Waals surface area contributed by atoms with Gasteiger partial charge in [-0.15, -0.1) is 0 Å². The number of halogens is 2. The minimum absolute atomic E-state index is 0.0169. The molecule has 0 unspecified atom stereocenters. The third-order valence-corrected chi connectivity index (χ3v) is 4.54. The molecule has 8 heteroatoms. The molecule has 0 spiro atoms. The second-order valence-corrected chi connectivity index (χ2v) is 6.44. The van der Waals surface area contributed by atoms with E-state index in [2.05, 4.69) is 10.3 Å². The number of esters is 1. The summed E-state index contributed by atoms with van der Waals surface area (Å²) < 4.78 is 18.8. The molecule has 1 heterocycles. The maximum absolute atomic E-state index is 13.1. The zero-order valence-corrected chi connectivity index (χ0v) is 14.6. The van der Waals surface area contributed by atoms with E-state index in [0.717, 1.165) is 16.8 Å². The molecule has 0 aliphatic rings. The van der Waals surface area contributed by atoms with Crippen LogP contribution < -0.4 is 5.32 Å². The van der Waals surface area contributed by atoms with Gasteiger partial charge in [0.25, 0.3) is 5.91 Å². The van der Waals surface area contributed by atoms with Crippen LogP contribution in [0.4, 0.5) is 9.52 Å². The van der Waals surface area contributed by atoms with Crippen LogP contribution >= 0.6 is 22.9 Å². The first-order chi connectivity index (χ1) is 12.0. The molecule has 0 aliphatic carbocycles. The normalized spacial score (nSPS) is 10.7. The predicted molar refractivity (Wildman–Crippen MR) is 94.9 cm³/mol. The van der Waals surface area contributed by atoms with E-state index in [1.54, 1.807) is 25.1 Å². The molecule has 128 valence electrons. The molecule has 1 amide bonds. The van der Waals surface area contributed by atoms with Gasteiger partial charge in [0.1, 0.15) is 5.82 Å². The molecule has 0 saturated carbocycles. The zero-order chi connectivity index (χ0) is 18.0. The number of hydrogen-bond acceptors (Lipinski definition) is 5. The van der Waals surface area contributed by atoms with Gasteiger partial charge in [-0.2, -0.15) is 0 Å². The monoisotopic (exact) mass is 378 g/mol. The molecule has 0 aliphatic heterocycles. The molecule has 3 rings (SSSR count). The van der Waals surface area contributed by atoms with Gasteiger partial charge in [0.15, 0.2) is 5.13 Å². The third-order valence-electron chi connectivity index (χ3n) is 3.30. The standard InChI is InChI=1S/C17H12ClFN2O3S/c1-2-24-16(23)9-3-6-13-14(7-9)25-17(20-13)21-15(22)11-5-4-10(19)8-12(11)18/h3-8H,2H2,1H3,(H,20,21,22). The topological polar surface area (TPSA) is 68.3 Å². The van der Waals surface area contributed by atoms with Crippen LogP contribution in [0.5, 0.6) is 0 Å². The number of fused-ring (bicyclic) bond motifs is 1. The van der Waals surface area contributed by atoms with Gasteiger partial charge in [-0.1, -0.05) is 22.9 Å². The van der Waals surface area contributed by atoms with Crippen LogP contribution in [-0.2, 0) is 4.74 Å². The van der Waals surface area contributed by atoms with Crippen molar-refractivity contribution >= 4 is 50.2 Å². The Morgan fingerprint density at radius 3 is 2.80 bits per heavy atom. The molecule has 3 aromatic rings. The molecule has 1 N–H and O–H groups in total. The van der Waals surface area contributed by atoms with Gasteiger partial charge in [0.2, 0.25) is 0 Å². The Balaban J connectivity index is 1.84. The highest BCUT2D eigenvalue weighted by Crippen LogP contribution is 2.28. The molecule has 0 saturated heterocycles. The van der Waals surface area contributed by atoms with Crippen LogP contribution in [-0.4, -0.2) is 23.5 Å². The van der Waals surface area contributed by atoms with Crippen molar-refractivity contribution in [2.75, 3.05) is 11.9 Å². The lowest BCUT2D eigenvalue weighted by atomic mass is 10.2. The van der Waals surface area contributed by atoms with Crippen molar-refractivity contribution in [2.24, 2.45) is 0 Å². The smallest absolute Gasteiger partial charge is 0.338 e. The van der Waals surface area contributed by atoms with Crippen LogP contribution in [0.25, 0.3) is 10.2 Å². The van der Waals surface area contributed by atoms with Gasteiger partial charge in [0, 0.05) is 0 Å². The molecule has 0 fully saturated rings. The fourth-order valence-electron chi connectivity index (χ4n) is 2.16. The Kier molecular flexibility index (Phi) is 4.96. The first-order valence-electron chi connectivity index (χ1n) is 7.32. The number of carbonyl (C=O) groups is 2. The Bertz CT molecular complexity index is 974. The summed E-state index contributed by atoms with van der Waals surface area (Å²) in [5, 5.41) is 2.99. The van der Waals surface area contributed by atoms with E-state index in [-0.39, 0.29) is 10.6 Å². The Hall–Kier alpha value is -2.51. The minimum Gasteiger partial charge on any atom is -0.462 e. The molecular formula is C17H12ClFN2O3S. The number of ether oxygens (including phenoxy) is 1.